The Kier molecular flexibility index (Phi) is 3.44. The van der Waals surface area contributed by atoms with Crippen molar-refractivity contribution in [2.24, 2.45) is 0 Å². The molecule has 1 aliphatic heterocycles. The molecule has 2 nitrogen and oxygen atoms in total. The van der Waals surface area contributed by atoms with Crippen LogP contribution in [0.2, 0.25) is 5.02 Å². The van der Waals surface area contributed by atoms with Crippen LogP contribution < -0.4 is 5.32 Å². The number of halogens is 2. The van der Waals surface area contributed by atoms with Crippen LogP contribution in [0.15, 0.2) is 22.7 Å². The summed E-state index contributed by atoms with van der Waals surface area (Å²) >= 11 is 9.55. The summed E-state index contributed by atoms with van der Waals surface area (Å²) in [5.74, 6) is 0. The van der Waals surface area contributed by atoms with E-state index >= 15 is 0 Å². The lowest BCUT2D eigenvalue weighted by Crippen LogP contribution is -2.34. The highest BCUT2D eigenvalue weighted by Crippen LogP contribution is 2.27. The molecule has 0 aromatic heterocycles. The van der Waals surface area contributed by atoms with Gasteiger partial charge in [0.1, 0.15) is 0 Å². The summed E-state index contributed by atoms with van der Waals surface area (Å²) in [6.07, 6.45) is 0. The van der Waals surface area contributed by atoms with Gasteiger partial charge in [0.15, 0.2) is 0 Å². The lowest BCUT2D eigenvalue weighted by Gasteiger charge is -2.25. The molecule has 1 N–H and O–H groups in total. The second-order valence-electron chi connectivity index (χ2n) is 3.25. The molecule has 76 valence electrons. The molecular weight excluding hydrogens is 265 g/mol. The third-order valence-electron chi connectivity index (χ3n) is 2.26. The number of benzene rings is 1. The van der Waals surface area contributed by atoms with E-state index in [2.05, 4.69) is 21.2 Å². The molecule has 0 spiro atoms. The molecule has 0 aliphatic carbocycles. The highest BCUT2D eigenvalue weighted by atomic mass is 79.9. The molecule has 1 aromatic rings. The second-order valence-corrected chi connectivity index (χ2v) is 4.57. The maximum Gasteiger partial charge on any atom is 0.0662 e. The van der Waals surface area contributed by atoms with Gasteiger partial charge in [0.25, 0.3) is 0 Å². The van der Waals surface area contributed by atoms with Crippen molar-refractivity contribution in [2.45, 2.75) is 6.04 Å². The number of ether oxygens (including phenoxy) is 1. The molecule has 14 heavy (non-hydrogen) atoms. The topological polar surface area (TPSA) is 21.3 Å². The van der Waals surface area contributed by atoms with Crippen molar-refractivity contribution in [3.05, 3.63) is 33.3 Å². The number of rotatable bonds is 1. The number of hydrogen-bond acceptors (Lipinski definition) is 2. The maximum absolute atomic E-state index is 6.11. The van der Waals surface area contributed by atoms with Gasteiger partial charge in [-0.2, -0.15) is 0 Å². The third-order valence-corrected chi connectivity index (χ3v) is 3.09. The van der Waals surface area contributed by atoms with Crippen LogP contribution in [0.25, 0.3) is 0 Å². The van der Waals surface area contributed by atoms with Gasteiger partial charge in [0.05, 0.1) is 19.3 Å². The molecule has 1 fully saturated rings. The standard InChI is InChI=1S/C10H11BrClNO/c11-7-1-2-9(12)8(5-7)10-6-14-4-3-13-10/h1-2,5,10,13H,3-4,6H2/t10-/m1/s1. The zero-order chi connectivity index (χ0) is 9.97. The van der Waals surface area contributed by atoms with Gasteiger partial charge >= 0.3 is 0 Å². The van der Waals surface area contributed by atoms with Crippen LogP contribution in [0.1, 0.15) is 11.6 Å². The van der Waals surface area contributed by atoms with E-state index in [9.17, 15) is 0 Å². The van der Waals surface area contributed by atoms with E-state index in [1.165, 1.54) is 0 Å². The van der Waals surface area contributed by atoms with Gasteiger partial charge in [0, 0.05) is 16.0 Å². The van der Waals surface area contributed by atoms with Crippen molar-refractivity contribution in [1.82, 2.24) is 5.32 Å². The monoisotopic (exact) mass is 275 g/mol. The van der Waals surface area contributed by atoms with Crippen LogP contribution in [0.3, 0.4) is 0 Å². The summed E-state index contributed by atoms with van der Waals surface area (Å²) in [5.41, 5.74) is 1.10. The summed E-state index contributed by atoms with van der Waals surface area (Å²) in [5, 5.41) is 4.16. The minimum atomic E-state index is 0.216. The van der Waals surface area contributed by atoms with E-state index in [0.717, 1.165) is 28.2 Å². The van der Waals surface area contributed by atoms with Gasteiger partial charge in [-0.1, -0.05) is 27.5 Å². The molecular formula is C10H11BrClNO. The van der Waals surface area contributed by atoms with Crippen molar-refractivity contribution < 1.29 is 4.74 Å². The van der Waals surface area contributed by atoms with Gasteiger partial charge < -0.3 is 10.1 Å². The zero-order valence-corrected chi connectivity index (χ0v) is 9.94. The molecule has 1 heterocycles. The largest absolute Gasteiger partial charge is 0.378 e. The fourth-order valence-corrected chi connectivity index (χ4v) is 2.17. The van der Waals surface area contributed by atoms with E-state index in [1.807, 2.05) is 18.2 Å². The Morgan fingerprint density at radius 1 is 1.50 bits per heavy atom. The van der Waals surface area contributed by atoms with Crippen LogP contribution in [0, 0.1) is 0 Å². The van der Waals surface area contributed by atoms with E-state index in [-0.39, 0.29) is 6.04 Å². The van der Waals surface area contributed by atoms with Crippen LogP contribution in [-0.4, -0.2) is 19.8 Å². The molecule has 1 aliphatic rings. The molecule has 0 saturated carbocycles. The van der Waals surface area contributed by atoms with Crippen molar-refractivity contribution in [1.29, 1.82) is 0 Å². The van der Waals surface area contributed by atoms with E-state index in [4.69, 9.17) is 16.3 Å². The molecule has 0 radical (unpaired) electrons. The Morgan fingerprint density at radius 3 is 3.07 bits per heavy atom. The summed E-state index contributed by atoms with van der Waals surface area (Å²) in [4.78, 5) is 0. The Morgan fingerprint density at radius 2 is 2.36 bits per heavy atom. The van der Waals surface area contributed by atoms with Crippen LogP contribution in [-0.2, 0) is 4.74 Å². The first-order chi connectivity index (χ1) is 6.77. The fraction of sp³-hybridized carbons (Fsp3) is 0.400. The minimum Gasteiger partial charge on any atom is -0.378 e. The van der Waals surface area contributed by atoms with E-state index < -0.39 is 0 Å². The molecule has 0 amide bonds. The Bertz CT molecular complexity index is 326. The van der Waals surface area contributed by atoms with Crippen LogP contribution in [0.5, 0.6) is 0 Å². The van der Waals surface area contributed by atoms with Gasteiger partial charge in [-0.15, -0.1) is 0 Å². The summed E-state index contributed by atoms with van der Waals surface area (Å²) in [6, 6.07) is 6.09. The highest BCUT2D eigenvalue weighted by molar-refractivity contribution is 9.10. The lowest BCUT2D eigenvalue weighted by atomic mass is 10.1. The van der Waals surface area contributed by atoms with Crippen LogP contribution >= 0.6 is 27.5 Å². The predicted octanol–water partition coefficient (Wildman–Crippen LogP) is 2.76. The molecule has 0 unspecified atom stereocenters. The summed E-state index contributed by atoms with van der Waals surface area (Å²) in [7, 11) is 0. The molecule has 1 atom stereocenters. The van der Waals surface area contributed by atoms with Gasteiger partial charge in [0.2, 0.25) is 0 Å². The van der Waals surface area contributed by atoms with Crippen LogP contribution in [0.4, 0.5) is 0 Å². The summed E-state index contributed by atoms with van der Waals surface area (Å²) < 4.78 is 6.44. The summed E-state index contributed by atoms with van der Waals surface area (Å²) in [6.45, 7) is 2.35. The third kappa shape index (κ3) is 2.28. The Labute approximate surface area is 96.7 Å². The SMILES string of the molecule is Clc1ccc(Br)cc1[C@H]1COCCN1. The predicted molar refractivity (Wildman–Crippen MR) is 60.7 cm³/mol. The van der Waals surface area contributed by atoms with Crippen molar-refractivity contribution in [3.8, 4) is 0 Å². The molecule has 4 heteroatoms. The van der Waals surface area contributed by atoms with Crippen molar-refractivity contribution >= 4 is 27.5 Å². The van der Waals surface area contributed by atoms with Crippen molar-refractivity contribution in [3.63, 3.8) is 0 Å². The molecule has 2 rings (SSSR count). The van der Waals surface area contributed by atoms with Gasteiger partial charge in [-0.05, 0) is 23.8 Å². The molecule has 0 bridgehead atoms. The first-order valence-electron chi connectivity index (χ1n) is 4.53. The number of hydrogen-bond donors (Lipinski definition) is 1. The van der Waals surface area contributed by atoms with Crippen molar-refractivity contribution in [2.75, 3.05) is 19.8 Å². The molecule has 1 aromatic carbocycles. The number of nitrogens with one attached hydrogen (secondary N) is 1. The first kappa shape index (κ1) is 10.4. The number of morpholine rings is 1. The quantitative estimate of drug-likeness (QED) is 0.852. The zero-order valence-electron chi connectivity index (χ0n) is 7.59. The second kappa shape index (κ2) is 4.62. The average Bonchev–Trinajstić information content (AvgIpc) is 2.23. The first-order valence-corrected chi connectivity index (χ1v) is 5.70. The minimum absolute atomic E-state index is 0.216. The Hall–Kier alpha value is -0.0900. The molecule has 1 saturated heterocycles. The smallest absolute Gasteiger partial charge is 0.0662 e. The highest BCUT2D eigenvalue weighted by Gasteiger charge is 2.17. The Balaban J connectivity index is 2.24. The van der Waals surface area contributed by atoms with E-state index in [1.54, 1.807) is 0 Å². The van der Waals surface area contributed by atoms with Gasteiger partial charge in [-0.25, -0.2) is 0 Å². The average molecular weight is 277 g/mol. The maximum atomic E-state index is 6.11. The van der Waals surface area contributed by atoms with E-state index in [0.29, 0.717) is 6.61 Å². The normalized spacial score (nSPS) is 22.3. The lowest BCUT2D eigenvalue weighted by molar-refractivity contribution is 0.0769. The fourth-order valence-electron chi connectivity index (χ4n) is 1.55. The van der Waals surface area contributed by atoms with Gasteiger partial charge in [-0.3, -0.25) is 0 Å².